The first-order valence-corrected chi connectivity index (χ1v) is 21.3. The van der Waals surface area contributed by atoms with E-state index < -0.39 is 7.82 Å². The van der Waals surface area contributed by atoms with Crippen molar-refractivity contribution in [2.75, 3.05) is 0 Å². The minimum atomic E-state index is -4.64. The molecule has 4 rings (SSSR count). The smallest absolute Gasteiger partial charge is 0.505 e. The molecular weight excluding hydrogens is 695 g/mol. The van der Waals surface area contributed by atoms with Crippen LogP contribution in [0.1, 0.15) is 138 Å². The Bertz CT molecular complexity index is 1920. The van der Waals surface area contributed by atoms with Crippen LogP contribution in [0.15, 0.2) is 11.0 Å². The van der Waals surface area contributed by atoms with Gasteiger partial charge in [0.15, 0.2) is 0 Å². The number of thiazole rings is 1. The summed E-state index contributed by atoms with van der Waals surface area (Å²) in [5.41, 5.74) is 3.65. The number of hydrogen-bond acceptors (Lipinski definition) is 8. The first kappa shape index (κ1) is 41.8. The number of fused-ring (bicyclic) bond motifs is 1. The maximum absolute atomic E-state index is 13.4. The fourth-order valence-corrected chi connectivity index (χ4v) is 8.83. The van der Waals surface area contributed by atoms with Gasteiger partial charge in [0.1, 0.15) is 22.8 Å². The van der Waals surface area contributed by atoms with Crippen LogP contribution in [-0.4, -0.2) is 25.6 Å². The van der Waals surface area contributed by atoms with Gasteiger partial charge in [-0.25, -0.2) is 4.57 Å². The van der Waals surface area contributed by atoms with Gasteiger partial charge in [-0.3, -0.25) is 19.2 Å². The fourth-order valence-electron chi connectivity index (χ4n) is 7.24. The molecule has 0 spiro atoms. The Morgan fingerprint density at radius 2 is 1.67 bits per heavy atom. The average Bonchev–Trinajstić information content (AvgIpc) is 3.39. The molecule has 1 aromatic carbocycles. The molecule has 0 aliphatic carbocycles. The topological polar surface area (TPSA) is 131 Å². The number of aromatic hydroxyl groups is 1. The summed E-state index contributed by atoms with van der Waals surface area (Å²) in [5.74, 6) is 3.32. The largest absolute Gasteiger partial charge is 0.527 e. The van der Waals surface area contributed by atoms with Crippen LogP contribution in [0.3, 0.4) is 0 Å². The Balaban J connectivity index is 1.37. The van der Waals surface area contributed by atoms with Gasteiger partial charge in [0.05, 0.1) is 21.5 Å². The summed E-state index contributed by atoms with van der Waals surface area (Å²) in [6.07, 6.45) is 15.8. The number of H-pyrrole nitrogens is 1. The highest BCUT2D eigenvalue weighted by molar-refractivity contribution is 7.47. The highest BCUT2D eigenvalue weighted by atomic mass is 32.1. The van der Waals surface area contributed by atoms with Gasteiger partial charge in [-0.2, -0.15) is 0 Å². The Kier molecular flexibility index (Phi) is 14.4. The summed E-state index contributed by atoms with van der Waals surface area (Å²) in [4.78, 5) is 30.0. The van der Waals surface area contributed by atoms with E-state index in [2.05, 4.69) is 51.2 Å². The molecule has 0 saturated heterocycles. The molecule has 1 aliphatic rings. The second-order valence-corrected chi connectivity index (χ2v) is 18.4. The predicted octanol–water partition coefficient (Wildman–Crippen LogP) is 9.23. The van der Waals surface area contributed by atoms with Gasteiger partial charge in [-0.15, -0.1) is 11.3 Å². The molecule has 288 valence electrons. The number of ether oxygens (including phenoxy) is 1. The van der Waals surface area contributed by atoms with Crippen LogP contribution in [0.5, 0.6) is 17.2 Å². The van der Waals surface area contributed by atoms with E-state index in [1.807, 2.05) is 20.8 Å². The fraction of sp³-hybridized carbons (Fsp3) is 0.610. The van der Waals surface area contributed by atoms with Crippen molar-refractivity contribution in [3.05, 3.63) is 64.8 Å². The number of aromatic amines is 1. The molecule has 9 nitrogen and oxygen atoms in total. The molecule has 3 aromatic rings. The number of aromatic nitrogens is 2. The lowest BCUT2D eigenvalue weighted by atomic mass is 9.84. The number of benzene rings is 1. The van der Waals surface area contributed by atoms with Crippen molar-refractivity contribution in [3.63, 3.8) is 0 Å². The summed E-state index contributed by atoms with van der Waals surface area (Å²) in [6.45, 7) is 22.3. The zero-order chi connectivity index (χ0) is 38.4. The number of nitrogens with zero attached hydrogens (tertiary/aromatic N) is 1. The van der Waals surface area contributed by atoms with Crippen LogP contribution in [0.2, 0.25) is 0 Å². The maximum atomic E-state index is 13.4. The van der Waals surface area contributed by atoms with Gasteiger partial charge < -0.3 is 19.4 Å². The quantitative estimate of drug-likeness (QED) is 0.110. The molecule has 0 saturated carbocycles. The van der Waals surface area contributed by atoms with Crippen molar-refractivity contribution in [1.29, 1.82) is 0 Å². The summed E-state index contributed by atoms with van der Waals surface area (Å²) < 4.78 is 32.2. The molecule has 0 bridgehead atoms. The summed E-state index contributed by atoms with van der Waals surface area (Å²) in [5, 5.41) is 10.8. The highest BCUT2D eigenvalue weighted by Crippen LogP contribution is 2.51. The van der Waals surface area contributed by atoms with Crippen LogP contribution in [0.25, 0.3) is 12.7 Å². The van der Waals surface area contributed by atoms with E-state index in [1.165, 1.54) is 57.2 Å². The number of nitrogens with one attached hydrogen (secondary N) is 1. The second kappa shape index (κ2) is 17.9. The van der Waals surface area contributed by atoms with E-state index in [0.717, 1.165) is 76.9 Å². The summed E-state index contributed by atoms with van der Waals surface area (Å²) in [6, 6.07) is 0. The number of hydrogen-bond donors (Lipinski definition) is 3. The van der Waals surface area contributed by atoms with E-state index >= 15 is 0 Å². The third-order valence-corrected chi connectivity index (χ3v) is 12.5. The van der Waals surface area contributed by atoms with Gasteiger partial charge in [0.25, 0.3) is 5.56 Å². The van der Waals surface area contributed by atoms with Gasteiger partial charge in [0.2, 0.25) is 0 Å². The van der Waals surface area contributed by atoms with Crippen LogP contribution in [-0.2, 0) is 22.1 Å². The van der Waals surface area contributed by atoms with Crippen molar-refractivity contribution in [2.45, 2.75) is 145 Å². The molecule has 3 heterocycles. The van der Waals surface area contributed by atoms with Crippen LogP contribution in [0.4, 0.5) is 0 Å². The molecule has 1 unspecified atom stereocenters. The number of phosphoric ester groups is 1. The van der Waals surface area contributed by atoms with Gasteiger partial charge in [0, 0.05) is 22.9 Å². The molecule has 1 aliphatic heterocycles. The van der Waals surface area contributed by atoms with Crippen LogP contribution >= 0.6 is 19.2 Å². The van der Waals surface area contributed by atoms with E-state index in [9.17, 15) is 19.4 Å². The molecule has 2 aromatic heterocycles. The average molecular weight is 757 g/mol. The predicted molar refractivity (Wildman–Crippen MR) is 212 cm³/mol. The third kappa shape index (κ3) is 11.1. The normalized spacial score (nSPS) is 18.6. The van der Waals surface area contributed by atoms with E-state index in [-0.39, 0.29) is 29.1 Å². The van der Waals surface area contributed by atoms with Crippen molar-refractivity contribution >= 4 is 31.8 Å². The van der Waals surface area contributed by atoms with Crippen LogP contribution in [0, 0.1) is 45.4 Å². The van der Waals surface area contributed by atoms with Crippen molar-refractivity contribution in [2.24, 2.45) is 17.8 Å². The van der Waals surface area contributed by atoms with E-state index in [4.69, 9.17) is 13.8 Å². The number of phosphoric acid groups is 1. The third-order valence-electron chi connectivity index (χ3n) is 10.8. The van der Waals surface area contributed by atoms with E-state index in [0.29, 0.717) is 32.1 Å². The first-order valence-electron chi connectivity index (χ1n) is 19.0. The Morgan fingerprint density at radius 1 is 1.04 bits per heavy atom. The molecule has 0 fully saturated rings. The Morgan fingerprint density at radius 3 is 2.29 bits per heavy atom. The zero-order valence-electron chi connectivity index (χ0n) is 32.8. The second-order valence-electron chi connectivity index (χ2n) is 15.9. The highest BCUT2D eigenvalue weighted by Gasteiger charge is 2.36. The first-order chi connectivity index (χ1) is 24.4. The lowest BCUT2D eigenvalue weighted by Crippen LogP contribution is -2.37. The molecule has 0 radical (unpaired) electrons. The minimum Gasteiger partial charge on any atom is -0.505 e. The molecule has 4 atom stereocenters. The van der Waals surface area contributed by atoms with Crippen molar-refractivity contribution in [1.82, 2.24) is 9.97 Å². The molecule has 52 heavy (non-hydrogen) atoms. The standard InChI is InChI=1S/C41H61N2O7PS/c1-25(2)14-11-15-26(3)16-12-17-27(4)18-13-20-41(10)21-19-34-30(7)38(28(5)29(6)39(34)49-41)50-51(46,47)48-24-33-23-42-31(8)37(44)35(33)22-36-40(45)43-32(9)52-36/h22-23,25-27,44H,9,11-21,24H2,1-8,10H3,(H,43,45)(H,46,47)/b36-22-/t26-,27-,41-/m1/s1. The van der Waals surface area contributed by atoms with Crippen molar-refractivity contribution in [3.8, 4) is 17.2 Å². The molecule has 0 amide bonds. The minimum absolute atomic E-state index is 0.153. The Labute approximate surface area is 314 Å². The lowest BCUT2D eigenvalue weighted by Gasteiger charge is -2.38. The number of aryl methyl sites for hydroxylation is 1. The molecule has 11 heteroatoms. The molecular formula is C41H61N2O7PS. The molecule has 3 N–H and O–H groups in total. The van der Waals surface area contributed by atoms with Crippen LogP contribution < -0.4 is 24.0 Å². The van der Waals surface area contributed by atoms with Gasteiger partial charge >= 0.3 is 7.82 Å². The number of pyridine rings is 1. The van der Waals surface area contributed by atoms with Crippen molar-refractivity contribution < 1.29 is 28.3 Å². The Hall–Kier alpha value is -2.91. The number of rotatable bonds is 18. The van der Waals surface area contributed by atoms with Gasteiger partial charge in [-0.1, -0.05) is 79.2 Å². The maximum Gasteiger partial charge on any atom is 0.527 e. The van der Waals surface area contributed by atoms with E-state index in [1.54, 1.807) is 6.92 Å². The summed E-state index contributed by atoms with van der Waals surface area (Å²) >= 11 is 1.14. The lowest BCUT2D eigenvalue weighted by molar-refractivity contribution is 0.0511. The zero-order valence-corrected chi connectivity index (χ0v) is 34.5. The van der Waals surface area contributed by atoms with Gasteiger partial charge in [-0.05, 0) is 101 Å². The SMILES string of the molecule is C=c1[nH]c(=O)/c(=C/c2c(COP(=O)(O)Oc3c(C)c(C)c4c(c3C)CC[C@@](C)(CCC[C@H](C)CCC[C@H](C)CCCC(C)C)O4)cnc(C)c2O)s1. The summed E-state index contributed by atoms with van der Waals surface area (Å²) in [7, 11) is -4.64. The monoisotopic (exact) mass is 756 g/mol.